The van der Waals surface area contributed by atoms with Gasteiger partial charge in [-0.2, -0.15) is 0 Å². The van der Waals surface area contributed by atoms with Gasteiger partial charge in [-0.25, -0.2) is 4.98 Å². The molecule has 0 aliphatic heterocycles. The van der Waals surface area contributed by atoms with E-state index in [9.17, 15) is 4.79 Å². The number of benzene rings is 2. The molecule has 4 rings (SSSR count). The van der Waals surface area contributed by atoms with E-state index in [1.165, 1.54) is 6.33 Å². The molecule has 0 aliphatic carbocycles. The number of hydrogen-bond acceptors (Lipinski definition) is 4. The number of H-pyrrole nitrogens is 1. The summed E-state index contributed by atoms with van der Waals surface area (Å²) in [7, 11) is 0. The fraction of sp³-hybridized carbons (Fsp3) is 0. The van der Waals surface area contributed by atoms with Gasteiger partial charge in [0.05, 0.1) is 16.8 Å². The topological polar surface area (TPSA) is 83.6 Å². The van der Waals surface area contributed by atoms with Gasteiger partial charge in [0.15, 0.2) is 0 Å². The first-order valence-electron chi connectivity index (χ1n) is 7.44. The lowest BCUT2D eigenvalue weighted by atomic mass is 10.0. The average Bonchev–Trinajstić information content (AvgIpc) is 3.14. The molecule has 0 fully saturated rings. The fourth-order valence-electron chi connectivity index (χ4n) is 2.56. The summed E-state index contributed by atoms with van der Waals surface area (Å²) >= 11 is 0. The van der Waals surface area contributed by atoms with Crippen molar-refractivity contribution in [2.45, 2.75) is 0 Å². The van der Waals surface area contributed by atoms with Gasteiger partial charge in [0.25, 0.3) is 5.91 Å². The second-order valence-electron chi connectivity index (χ2n) is 5.23. The number of nitrogens with zero attached hydrogens (tertiary/aromatic N) is 3. The van der Waals surface area contributed by atoms with Crippen molar-refractivity contribution in [3.63, 3.8) is 0 Å². The van der Waals surface area contributed by atoms with Gasteiger partial charge in [-0.3, -0.25) is 10.1 Å². The molecule has 116 valence electrons. The summed E-state index contributed by atoms with van der Waals surface area (Å²) < 4.78 is 0. The standard InChI is InChI=1S/C18H13N5O/c24-17(22-18-19-11-20-23-18)14-10-16(12-6-2-1-3-7-12)21-15-9-5-4-8-13(14)15/h1-11H,(H2,19,20,22,23,24). The van der Waals surface area contributed by atoms with Crippen LogP contribution in [0.5, 0.6) is 0 Å². The minimum Gasteiger partial charge on any atom is -0.314 e. The molecule has 2 aromatic heterocycles. The summed E-state index contributed by atoms with van der Waals surface area (Å²) in [4.78, 5) is 20.1. The summed E-state index contributed by atoms with van der Waals surface area (Å²) in [6.45, 7) is 0. The smallest absolute Gasteiger partial charge is 0.258 e. The molecule has 0 spiro atoms. The first kappa shape index (κ1) is 14.1. The number of carbonyl (C=O) groups is 1. The quantitative estimate of drug-likeness (QED) is 0.608. The number of rotatable bonds is 3. The van der Waals surface area contributed by atoms with E-state index in [0.29, 0.717) is 11.5 Å². The maximum atomic E-state index is 12.7. The lowest BCUT2D eigenvalue weighted by Gasteiger charge is -2.09. The van der Waals surface area contributed by atoms with Crippen LogP contribution >= 0.6 is 0 Å². The Hall–Kier alpha value is -3.54. The van der Waals surface area contributed by atoms with Crippen LogP contribution in [0.4, 0.5) is 5.95 Å². The van der Waals surface area contributed by atoms with Crippen molar-refractivity contribution in [3.8, 4) is 11.3 Å². The van der Waals surface area contributed by atoms with Crippen LogP contribution in [0.3, 0.4) is 0 Å². The Balaban J connectivity index is 1.85. The predicted molar refractivity (Wildman–Crippen MR) is 91.5 cm³/mol. The summed E-state index contributed by atoms with van der Waals surface area (Å²) in [6, 6.07) is 19.1. The van der Waals surface area contributed by atoms with E-state index in [4.69, 9.17) is 0 Å². The number of hydrogen-bond donors (Lipinski definition) is 2. The number of aromatic nitrogens is 4. The monoisotopic (exact) mass is 315 g/mol. The highest BCUT2D eigenvalue weighted by molar-refractivity contribution is 6.12. The minimum atomic E-state index is -0.262. The largest absolute Gasteiger partial charge is 0.314 e. The third kappa shape index (κ3) is 2.61. The molecule has 6 nitrogen and oxygen atoms in total. The highest BCUT2D eigenvalue weighted by atomic mass is 16.1. The molecule has 4 aromatic rings. The summed E-state index contributed by atoms with van der Waals surface area (Å²) in [5.41, 5.74) is 3.01. The van der Waals surface area contributed by atoms with Crippen molar-refractivity contribution in [1.82, 2.24) is 20.2 Å². The molecule has 2 N–H and O–H groups in total. The Labute approximate surface area is 137 Å². The van der Waals surface area contributed by atoms with E-state index >= 15 is 0 Å². The van der Waals surface area contributed by atoms with E-state index in [0.717, 1.165) is 22.2 Å². The van der Waals surface area contributed by atoms with Crippen molar-refractivity contribution in [1.29, 1.82) is 0 Å². The van der Waals surface area contributed by atoms with Gasteiger partial charge in [0, 0.05) is 10.9 Å². The zero-order valence-electron chi connectivity index (χ0n) is 12.6. The van der Waals surface area contributed by atoms with Gasteiger partial charge in [-0.05, 0) is 12.1 Å². The molecule has 1 amide bonds. The Kier molecular flexibility index (Phi) is 3.47. The van der Waals surface area contributed by atoms with Crippen LogP contribution in [-0.4, -0.2) is 26.1 Å². The number of para-hydroxylation sites is 1. The molecule has 0 radical (unpaired) electrons. The number of anilines is 1. The van der Waals surface area contributed by atoms with E-state index in [1.807, 2.05) is 54.6 Å². The van der Waals surface area contributed by atoms with E-state index in [1.54, 1.807) is 6.07 Å². The molecule has 0 atom stereocenters. The summed E-state index contributed by atoms with van der Waals surface area (Å²) in [5, 5.41) is 11.0. The van der Waals surface area contributed by atoms with Crippen LogP contribution in [0.1, 0.15) is 10.4 Å². The summed E-state index contributed by atoms with van der Waals surface area (Å²) in [6.07, 6.45) is 1.41. The molecule has 2 aromatic carbocycles. The third-order valence-corrected chi connectivity index (χ3v) is 3.68. The number of amides is 1. The molecule has 0 saturated heterocycles. The van der Waals surface area contributed by atoms with Gasteiger partial charge in [-0.15, -0.1) is 10.2 Å². The van der Waals surface area contributed by atoms with Crippen molar-refractivity contribution in [2.24, 2.45) is 0 Å². The van der Waals surface area contributed by atoms with Gasteiger partial charge >= 0.3 is 0 Å². The van der Waals surface area contributed by atoms with E-state index in [-0.39, 0.29) is 5.91 Å². The SMILES string of the molecule is O=C(Nc1nnc[nH]1)c1cc(-c2ccccc2)nc2ccccc12. The molecular weight excluding hydrogens is 302 g/mol. The molecule has 2 heterocycles. The van der Waals surface area contributed by atoms with Crippen molar-refractivity contribution in [3.05, 3.63) is 72.6 Å². The van der Waals surface area contributed by atoms with E-state index in [2.05, 4.69) is 25.5 Å². The zero-order chi connectivity index (χ0) is 16.4. The van der Waals surface area contributed by atoms with Crippen LogP contribution in [0, 0.1) is 0 Å². The maximum absolute atomic E-state index is 12.7. The first-order valence-corrected chi connectivity index (χ1v) is 7.44. The number of nitrogens with one attached hydrogen (secondary N) is 2. The van der Waals surface area contributed by atoms with Crippen molar-refractivity contribution < 1.29 is 4.79 Å². The molecule has 0 bridgehead atoms. The molecule has 6 heteroatoms. The van der Waals surface area contributed by atoms with Gasteiger partial charge < -0.3 is 4.98 Å². The van der Waals surface area contributed by atoms with Gasteiger partial charge in [0.1, 0.15) is 6.33 Å². The Morgan fingerprint density at radius 3 is 2.58 bits per heavy atom. The fourth-order valence-corrected chi connectivity index (χ4v) is 2.56. The minimum absolute atomic E-state index is 0.262. The molecule has 0 unspecified atom stereocenters. The Bertz CT molecular complexity index is 997. The lowest BCUT2D eigenvalue weighted by molar-refractivity contribution is 0.102. The Morgan fingerprint density at radius 1 is 1.00 bits per heavy atom. The normalized spacial score (nSPS) is 10.7. The zero-order valence-corrected chi connectivity index (χ0v) is 12.6. The van der Waals surface area contributed by atoms with Crippen molar-refractivity contribution >= 4 is 22.8 Å². The first-order chi connectivity index (χ1) is 11.8. The molecule has 0 aliphatic rings. The van der Waals surface area contributed by atoms with Gasteiger partial charge in [0.2, 0.25) is 5.95 Å². The van der Waals surface area contributed by atoms with Crippen LogP contribution in [0.25, 0.3) is 22.2 Å². The summed E-state index contributed by atoms with van der Waals surface area (Å²) in [5.74, 6) is 0.0460. The second-order valence-corrected chi connectivity index (χ2v) is 5.23. The van der Waals surface area contributed by atoms with Crippen LogP contribution in [-0.2, 0) is 0 Å². The highest BCUT2D eigenvalue weighted by Gasteiger charge is 2.14. The maximum Gasteiger partial charge on any atom is 0.258 e. The second kappa shape index (κ2) is 5.92. The number of pyridine rings is 1. The molecule has 0 saturated carbocycles. The number of aromatic amines is 1. The third-order valence-electron chi connectivity index (χ3n) is 3.68. The Morgan fingerprint density at radius 2 is 1.79 bits per heavy atom. The molecular formula is C18H13N5O. The van der Waals surface area contributed by atoms with Gasteiger partial charge in [-0.1, -0.05) is 48.5 Å². The number of fused-ring (bicyclic) bond motifs is 1. The highest BCUT2D eigenvalue weighted by Crippen LogP contribution is 2.25. The van der Waals surface area contributed by atoms with Crippen LogP contribution in [0.15, 0.2) is 67.0 Å². The lowest BCUT2D eigenvalue weighted by Crippen LogP contribution is -2.14. The molecule has 24 heavy (non-hydrogen) atoms. The number of carbonyl (C=O) groups excluding carboxylic acids is 1. The van der Waals surface area contributed by atoms with Crippen LogP contribution < -0.4 is 5.32 Å². The van der Waals surface area contributed by atoms with Crippen LogP contribution in [0.2, 0.25) is 0 Å². The average molecular weight is 315 g/mol. The predicted octanol–water partition coefficient (Wildman–Crippen LogP) is 3.27. The van der Waals surface area contributed by atoms with E-state index < -0.39 is 0 Å². The van der Waals surface area contributed by atoms with Crippen molar-refractivity contribution in [2.75, 3.05) is 5.32 Å².